The van der Waals surface area contributed by atoms with Crippen LogP contribution in [0.3, 0.4) is 0 Å². The Labute approximate surface area is 139 Å². The minimum atomic E-state index is -3.67. The van der Waals surface area contributed by atoms with Crippen LogP contribution in [0.4, 0.5) is 0 Å². The highest BCUT2D eigenvalue weighted by atomic mass is 32.2. The van der Waals surface area contributed by atoms with E-state index in [4.69, 9.17) is 10.00 Å². The third-order valence-electron chi connectivity index (χ3n) is 4.55. The van der Waals surface area contributed by atoms with Crippen molar-refractivity contribution in [1.29, 1.82) is 5.26 Å². The number of hydrogen-bond donors (Lipinski definition) is 0. The molecule has 0 unspecified atom stereocenters. The van der Waals surface area contributed by atoms with Gasteiger partial charge in [-0.3, -0.25) is 0 Å². The van der Waals surface area contributed by atoms with Crippen molar-refractivity contribution in [2.75, 3.05) is 26.8 Å². The first-order valence-corrected chi connectivity index (χ1v) is 9.07. The SMILES string of the molecule is COCCN(CCC#N)S(=O)(=O)c1c(C)c(C)c(C)c(C)c1C. The molecule has 0 saturated carbocycles. The van der Waals surface area contributed by atoms with Crippen LogP contribution in [-0.4, -0.2) is 39.5 Å². The van der Waals surface area contributed by atoms with Crippen molar-refractivity contribution < 1.29 is 13.2 Å². The monoisotopic (exact) mass is 338 g/mol. The molecular weight excluding hydrogens is 312 g/mol. The highest BCUT2D eigenvalue weighted by Gasteiger charge is 2.29. The van der Waals surface area contributed by atoms with Gasteiger partial charge in [0.05, 0.1) is 17.6 Å². The summed E-state index contributed by atoms with van der Waals surface area (Å²) < 4.78 is 32.7. The Balaban J connectivity index is 3.49. The Hall–Kier alpha value is -1.42. The molecule has 0 atom stereocenters. The van der Waals surface area contributed by atoms with Crippen LogP contribution >= 0.6 is 0 Å². The summed E-state index contributed by atoms with van der Waals surface area (Å²) >= 11 is 0. The number of ether oxygens (including phenoxy) is 1. The zero-order valence-electron chi connectivity index (χ0n) is 14.9. The summed E-state index contributed by atoms with van der Waals surface area (Å²) in [5, 5.41) is 8.81. The van der Waals surface area contributed by atoms with Gasteiger partial charge in [-0.15, -0.1) is 0 Å². The van der Waals surface area contributed by atoms with E-state index < -0.39 is 10.0 Å². The van der Waals surface area contributed by atoms with Gasteiger partial charge in [0.1, 0.15) is 0 Å². The maximum atomic E-state index is 13.2. The van der Waals surface area contributed by atoms with E-state index in [0.29, 0.717) is 11.5 Å². The Morgan fingerprint density at radius 3 is 1.87 bits per heavy atom. The number of hydrogen-bond acceptors (Lipinski definition) is 4. The lowest BCUT2D eigenvalue weighted by molar-refractivity contribution is 0.179. The van der Waals surface area contributed by atoms with Gasteiger partial charge in [-0.05, 0) is 62.4 Å². The van der Waals surface area contributed by atoms with E-state index in [1.807, 2.05) is 40.7 Å². The van der Waals surface area contributed by atoms with Crippen LogP contribution in [0.5, 0.6) is 0 Å². The number of sulfonamides is 1. The molecule has 0 aliphatic rings. The topological polar surface area (TPSA) is 70.4 Å². The van der Waals surface area contributed by atoms with E-state index in [1.165, 1.54) is 11.4 Å². The fraction of sp³-hybridized carbons (Fsp3) is 0.588. The molecule has 0 fully saturated rings. The normalized spacial score (nSPS) is 11.7. The second-order valence-electron chi connectivity index (χ2n) is 5.76. The smallest absolute Gasteiger partial charge is 0.243 e. The van der Waals surface area contributed by atoms with E-state index in [2.05, 4.69) is 0 Å². The average molecular weight is 338 g/mol. The molecule has 0 saturated heterocycles. The second-order valence-corrected chi connectivity index (χ2v) is 7.63. The van der Waals surface area contributed by atoms with Gasteiger partial charge in [0.2, 0.25) is 10.0 Å². The summed E-state index contributed by atoms with van der Waals surface area (Å²) in [7, 11) is -2.13. The molecule has 0 bridgehead atoms. The molecule has 0 heterocycles. The summed E-state index contributed by atoms with van der Waals surface area (Å²) in [5.41, 5.74) is 4.69. The molecule has 0 aromatic heterocycles. The van der Waals surface area contributed by atoms with Crippen LogP contribution < -0.4 is 0 Å². The largest absolute Gasteiger partial charge is 0.383 e. The Bertz CT molecular complexity index is 689. The van der Waals surface area contributed by atoms with Crippen molar-refractivity contribution >= 4 is 10.0 Å². The zero-order valence-corrected chi connectivity index (χ0v) is 15.7. The van der Waals surface area contributed by atoms with Crippen LogP contribution in [0.1, 0.15) is 34.2 Å². The molecule has 1 aromatic carbocycles. The Morgan fingerprint density at radius 1 is 0.957 bits per heavy atom. The molecule has 1 rings (SSSR count). The number of rotatable bonds is 7. The summed E-state index contributed by atoms with van der Waals surface area (Å²) in [6.07, 6.45) is 0.158. The van der Waals surface area contributed by atoms with Gasteiger partial charge >= 0.3 is 0 Å². The van der Waals surface area contributed by atoms with Crippen LogP contribution in [0.2, 0.25) is 0 Å². The Morgan fingerprint density at radius 2 is 1.43 bits per heavy atom. The summed E-state index contributed by atoms with van der Waals surface area (Å²) in [5.74, 6) is 0. The van der Waals surface area contributed by atoms with E-state index in [0.717, 1.165) is 27.8 Å². The number of nitrogens with zero attached hydrogens (tertiary/aromatic N) is 2. The quantitative estimate of drug-likeness (QED) is 0.766. The maximum Gasteiger partial charge on any atom is 0.243 e. The highest BCUT2D eigenvalue weighted by molar-refractivity contribution is 7.89. The second kappa shape index (κ2) is 7.91. The zero-order chi connectivity index (χ0) is 17.8. The Kier molecular flexibility index (Phi) is 6.75. The van der Waals surface area contributed by atoms with Gasteiger partial charge in [-0.25, -0.2) is 8.42 Å². The minimum Gasteiger partial charge on any atom is -0.383 e. The van der Waals surface area contributed by atoms with Gasteiger partial charge < -0.3 is 4.74 Å². The van der Waals surface area contributed by atoms with Crippen molar-refractivity contribution in [2.45, 2.75) is 45.9 Å². The maximum absolute atomic E-state index is 13.2. The third kappa shape index (κ3) is 3.92. The van der Waals surface area contributed by atoms with Gasteiger partial charge in [0, 0.05) is 26.6 Å². The molecule has 6 heteroatoms. The van der Waals surface area contributed by atoms with Gasteiger partial charge in [-0.2, -0.15) is 9.57 Å². The van der Waals surface area contributed by atoms with E-state index in [1.54, 1.807) is 0 Å². The predicted octanol–water partition coefficient (Wildman–Crippen LogP) is 2.78. The van der Waals surface area contributed by atoms with Crippen molar-refractivity contribution in [3.63, 3.8) is 0 Å². The first kappa shape index (κ1) is 19.6. The summed E-state index contributed by atoms with van der Waals surface area (Å²) in [4.78, 5) is 0.368. The molecule has 1 aromatic rings. The van der Waals surface area contributed by atoms with Crippen molar-refractivity contribution in [2.24, 2.45) is 0 Å². The number of methoxy groups -OCH3 is 1. The third-order valence-corrected chi connectivity index (χ3v) is 6.72. The molecule has 0 aliphatic carbocycles. The molecule has 5 nitrogen and oxygen atoms in total. The molecule has 128 valence electrons. The minimum absolute atomic E-state index is 0.158. The molecule has 0 N–H and O–H groups in total. The summed E-state index contributed by atoms with van der Waals surface area (Å²) in [6.45, 7) is 10.3. The first-order valence-electron chi connectivity index (χ1n) is 7.63. The van der Waals surface area contributed by atoms with Crippen LogP contribution in [0.15, 0.2) is 4.90 Å². The lowest BCUT2D eigenvalue weighted by atomic mass is 9.95. The van der Waals surface area contributed by atoms with Crippen LogP contribution in [0.25, 0.3) is 0 Å². The fourth-order valence-corrected chi connectivity index (χ4v) is 4.69. The highest BCUT2D eigenvalue weighted by Crippen LogP contribution is 2.31. The van der Waals surface area contributed by atoms with Crippen molar-refractivity contribution in [3.8, 4) is 6.07 Å². The number of nitriles is 1. The van der Waals surface area contributed by atoms with Crippen LogP contribution in [-0.2, 0) is 14.8 Å². The van der Waals surface area contributed by atoms with Crippen LogP contribution in [0, 0.1) is 45.9 Å². The molecule has 23 heavy (non-hydrogen) atoms. The predicted molar refractivity (Wildman–Crippen MR) is 91.0 cm³/mol. The molecular formula is C17H26N2O3S. The van der Waals surface area contributed by atoms with E-state index in [9.17, 15) is 8.42 Å². The van der Waals surface area contributed by atoms with Gasteiger partial charge in [0.25, 0.3) is 0 Å². The molecule has 0 radical (unpaired) electrons. The fourth-order valence-electron chi connectivity index (χ4n) is 2.70. The lowest BCUT2D eigenvalue weighted by Crippen LogP contribution is -2.35. The molecule has 0 amide bonds. The summed E-state index contributed by atoms with van der Waals surface area (Å²) in [6, 6.07) is 2.01. The van der Waals surface area contributed by atoms with E-state index in [-0.39, 0.29) is 19.5 Å². The van der Waals surface area contributed by atoms with E-state index >= 15 is 0 Å². The molecule has 0 aliphatic heterocycles. The van der Waals surface area contributed by atoms with Crippen molar-refractivity contribution in [3.05, 3.63) is 27.8 Å². The standard InChI is InChI=1S/C17H26N2O3S/c1-12-13(2)15(4)17(16(5)14(12)3)23(20,21)19(9-7-8-18)10-11-22-6/h7,9-11H2,1-6H3. The van der Waals surface area contributed by atoms with Gasteiger partial charge in [0.15, 0.2) is 0 Å². The first-order chi connectivity index (χ1) is 10.7. The average Bonchev–Trinajstić information content (AvgIpc) is 2.50. The van der Waals surface area contributed by atoms with Crippen molar-refractivity contribution in [1.82, 2.24) is 4.31 Å². The molecule has 0 spiro atoms. The lowest BCUT2D eigenvalue weighted by Gasteiger charge is -2.25. The van der Waals surface area contributed by atoms with Gasteiger partial charge in [-0.1, -0.05) is 0 Å². The number of benzene rings is 1.